The number of rotatable bonds is 6. The molecule has 1 aliphatic rings. The van der Waals surface area contributed by atoms with Gasteiger partial charge in [-0.3, -0.25) is 4.79 Å². The van der Waals surface area contributed by atoms with Gasteiger partial charge in [0.05, 0.1) is 6.61 Å². The zero-order valence-corrected chi connectivity index (χ0v) is 11.8. The molecule has 1 rings (SSSR count). The van der Waals surface area contributed by atoms with Crippen LogP contribution >= 0.6 is 0 Å². The van der Waals surface area contributed by atoms with Crippen molar-refractivity contribution in [1.82, 2.24) is 0 Å². The summed E-state index contributed by atoms with van der Waals surface area (Å²) in [7, 11) is 0. The molecular formula is C13H22F3NO3. The minimum Gasteiger partial charge on any atom is -0.465 e. The zero-order chi connectivity index (χ0) is 15.4. The summed E-state index contributed by atoms with van der Waals surface area (Å²) in [6, 6.07) is 0. The first-order valence-corrected chi connectivity index (χ1v) is 6.86. The number of nitrogens with two attached hydrogens (primary N) is 1. The highest BCUT2D eigenvalue weighted by molar-refractivity contribution is 5.81. The maximum absolute atomic E-state index is 12.3. The normalized spacial score (nSPS) is 28.4. The van der Waals surface area contributed by atoms with Crippen molar-refractivity contribution in [3.8, 4) is 0 Å². The van der Waals surface area contributed by atoms with Crippen molar-refractivity contribution in [3.63, 3.8) is 0 Å². The first-order valence-electron chi connectivity index (χ1n) is 6.86. The molecule has 3 atom stereocenters. The molecule has 0 spiro atoms. The lowest BCUT2D eigenvalue weighted by Crippen LogP contribution is -2.52. The van der Waals surface area contributed by atoms with Crippen molar-refractivity contribution in [2.75, 3.05) is 13.2 Å². The molecule has 0 radical (unpaired) electrons. The molecule has 0 aromatic heterocycles. The molecule has 0 heterocycles. The van der Waals surface area contributed by atoms with E-state index in [2.05, 4.69) is 0 Å². The van der Waals surface area contributed by atoms with Crippen molar-refractivity contribution in [2.45, 2.75) is 57.3 Å². The Bertz CT molecular complexity index is 335. The van der Waals surface area contributed by atoms with Crippen LogP contribution in [0.2, 0.25) is 0 Å². The highest BCUT2D eigenvalue weighted by Gasteiger charge is 2.46. The second kappa shape index (κ2) is 6.76. The average Bonchev–Trinajstić information content (AvgIpc) is 2.71. The summed E-state index contributed by atoms with van der Waals surface area (Å²) in [5.74, 6) is -0.659. The fourth-order valence-corrected chi connectivity index (χ4v) is 2.52. The van der Waals surface area contributed by atoms with Crippen LogP contribution in [0.25, 0.3) is 0 Å². The fraction of sp³-hybridized carbons (Fsp3) is 0.923. The van der Waals surface area contributed by atoms with Crippen LogP contribution in [0.5, 0.6) is 0 Å². The number of halogens is 3. The van der Waals surface area contributed by atoms with Crippen LogP contribution < -0.4 is 5.73 Å². The van der Waals surface area contributed by atoms with Crippen LogP contribution in [0.3, 0.4) is 0 Å². The molecule has 0 aromatic rings. The molecule has 118 valence electrons. The lowest BCUT2D eigenvalue weighted by Gasteiger charge is -2.29. The van der Waals surface area contributed by atoms with Gasteiger partial charge in [0.2, 0.25) is 0 Å². The molecule has 0 aliphatic heterocycles. The molecule has 3 unspecified atom stereocenters. The van der Waals surface area contributed by atoms with E-state index in [4.69, 9.17) is 15.2 Å². The number of alkyl halides is 3. The third-order valence-corrected chi connectivity index (χ3v) is 3.82. The molecule has 0 bridgehead atoms. The quantitative estimate of drug-likeness (QED) is 0.765. The van der Waals surface area contributed by atoms with Crippen LogP contribution in [0.15, 0.2) is 0 Å². The van der Waals surface area contributed by atoms with Crippen LogP contribution in [0, 0.1) is 5.92 Å². The Morgan fingerprint density at radius 1 is 1.50 bits per heavy atom. The van der Waals surface area contributed by atoms with Gasteiger partial charge in [-0.25, -0.2) is 0 Å². The van der Waals surface area contributed by atoms with Gasteiger partial charge in [0.1, 0.15) is 5.54 Å². The van der Waals surface area contributed by atoms with Crippen molar-refractivity contribution in [2.24, 2.45) is 11.7 Å². The Kier molecular flexibility index (Phi) is 5.82. The first-order chi connectivity index (χ1) is 9.21. The summed E-state index contributed by atoms with van der Waals surface area (Å²) >= 11 is 0. The Balaban J connectivity index is 2.48. The maximum atomic E-state index is 12.3. The first kappa shape index (κ1) is 17.2. The van der Waals surface area contributed by atoms with Crippen LogP contribution in [-0.2, 0) is 14.3 Å². The minimum atomic E-state index is -4.36. The largest absolute Gasteiger partial charge is 0.465 e. The number of hydrogen-bond acceptors (Lipinski definition) is 4. The second-order valence-electron chi connectivity index (χ2n) is 5.19. The van der Waals surface area contributed by atoms with Gasteiger partial charge in [0.25, 0.3) is 0 Å². The van der Waals surface area contributed by atoms with Gasteiger partial charge in [0.15, 0.2) is 6.10 Å². The van der Waals surface area contributed by atoms with Gasteiger partial charge in [-0.2, -0.15) is 13.2 Å². The summed E-state index contributed by atoms with van der Waals surface area (Å²) < 4.78 is 46.6. The minimum absolute atomic E-state index is 0.0658. The van der Waals surface area contributed by atoms with E-state index in [0.29, 0.717) is 19.3 Å². The van der Waals surface area contributed by atoms with Gasteiger partial charge in [0, 0.05) is 6.61 Å². The molecule has 4 nitrogen and oxygen atoms in total. The van der Waals surface area contributed by atoms with E-state index in [-0.39, 0.29) is 19.1 Å². The summed E-state index contributed by atoms with van der Waals surface area (Å²) in [5, 5.41) is 0. The molecule has 2 N–H and O–H groups in total. The Hall–Kier alpha value is -0.820. The van der Waals surface area contributed by atoms with Crippen LogP contribution in [0.4, 0.5) is 13.2 Å². The zero-order valence-electron chi connectivity index (χ0n) is 11.8. The van der Waals surface area contributed by atoms with Gasteiger partial charge >= 0.3 is 12.1 Å². The SMILES string of the molecule is CCOC(=O)C1(N)CCCC1CCOC(C)C(F)(F)F. The lowest BCUT2D eigenvalue weighted by molar-refractivity contribution is -0.215. The Morgan fingerprint density at radius 2 is 2.15 bits per heavy atom. The molecule has 1 saturated carbocycles. The molecular weight excluding hydrogens is 275 g/mol. The van der Waals surface area contributed by atoms with Gasteiger partial charge < -0.3 is 15.2 Å². The summed E-state index contributed by atoms with van der Waals surface area (Å²) in [6.07, 6.45) is -3.86. The van der Waals surface area contributed by atoms with Crippen LogP contribution in [-0.4, -0.2) is 37.0 Å². The molecule has 0 amide bonds. The third kappa shape index (κ3) is 4.09. The number of ether oxygens (including phenoxy) is 2. The molecule has 0 aromatic carbocycles. The molecule has 0 saturated heterocycles. The number of hydrogen-bond donors (Lipinski definition) is 1. The van der Waals surface area contributed by atoms with E-state index < -0.39 is 23.8 Å². The van der Waals surface area contributed by atoms with Crippen LogP contribution in [0.1, 0.15) is 39.5 Å². The second-order valence-corrected chi connectivity index (χ2v) is 5.19. The van der Waals surface area contributed by atoms with E-state index in [9.17, 15) is 18.0 Å². The van der Waals surface area contributed by atoms with Gasteiger partial charge in [-0.1, -0.05) is 6.42 Å². The predicted octanol–water partition coefficient (Wildman–Crippen LogP) is 2.40. The van der Waals surface area contributed by atoms with Crippen molar-refractivity contribution in [3.05, 3.63) is 0 Å². The summed E-state index contributed by atoms with van der Waals surface area (Å²) in [5.41, 5.74) is 5.00. The van der Waals surface area contributed by atoms with E-state index in [1.807, 2.05) is 0 Å². The Morgan fingerprint density at radius 3 is 2.70 bits per heavy atom. The maximum Gasteiger partial charge on any atom is 0.414 e. The predicted molar refractivity (Wildman–Crippen MR) is 67.0 cm³/mol. The number of esters is 1. The number of carbonyl (C=O) groups is 1. The van der Waals surface area contributed by atoms with Gasteiger partial charge in [-0.05, 0) is 39.0 Å². The van der Waals surface area contributed by atoms with Crippen molar-refractivity contribution < 1.29 is 27.4 Å². The molecule has 1 fully saturated rings. The standard InChI is InChI=1S/C13H22F3NO3/c1-3-19-11(18)12(17)7-4-5-10(12)6-8-20-9(2)13(14,15)16/h9-10H,3-8,17H2,1-2H3. The topological polar surface area (TPSA) is 61.5 Å². The van der Waals surface area contributed by atoms with E-state index in [0.717, 1.165) is 13.3 Å². The summed E-state index contributed by atoms with van der Waals surface area (Å²) in [6.45, 7) is 2.84. The van der Waals surface area contributed by atoms with Crippen molar-refractivity contribution >= 4 is 5.97 Å². The third-order valence-electron chi connectivity index (χ3n) is 3.82. The fourth-order valence-electron chi connectivity index (χ4n) is 2.52. The van der Waals surface area contributed by atoms with E-state index in [1.54, 1.807) is 6.92 Å². The monoisotopic (exact) mass is 297 g/mol. The summed E-state index contributed by atoms with van der Waals surface area (Å²) in [4.78, 5) is 11.9. The van der Waals surface area contributed by atoms with E-state index >= 15 is 0 Å². The number of carbonyl (C=O) groups excluding carboxylic acids is 1. The molecule has 7 heteroatoms. The smallest absolute Gasteiger partial charge is 0.414 e. The molecule has 20 heavy (non-hydrogen) atoms. The van der Waals surface area contributed by atoms with Gasteiger partial charge in [-0.15, -0.1) is 0 Å². The highest BCUT2D eigenvalue weighted by Crippen LogP contribution is 2.37. The Labute approximate surface area is 116 Å². The average molecular weight is 297 g/mol. The highest BCUT2D eigenvalue weighted by atomic mass is 19.4. The van der Waals surface area contributed by atoms with Crippen molar-refractivity contribution in [1.29, 1.82) is 0 Å². The van der Waals surface area contributed by atoms with E-state index in [1.165, 1.54) is 0 Å². The lowest BCUT2D eigenvalue weighted by atomic mass is 9.86. The molecule has 1 aliphatic carbocycles.